The van der Waals surface area contributed by atoms with Gasteiger partial charge in [-0.1, -0.05) is 24.3 Å². The quantitative estimate of drug-likeness (QED) is 0.542. The maximum absolute atomic E-state index is 12.5. The number of carbonyl (C=O) groups is 1. The molecule has 2 aromatic carbocycles. The first-order valence-electron chi connectivity index (χ1n) is 8.91. The first-order chi connectivity index (χ1) is 14.0. The molecular weight excluding hydrogens is 410 g/mol. The number of carbonyl (C=O) groups excluding carboxylic acids is 1. The van der Waals surface area contributed by atoms with Crippen LogP contribution >= 0.6 is 23.6 Å². The zero-order valence-electron chi connectivity index (χ0n) is 16.3. The van der Waals surface area contributed by atoms with Crippen LogP contribution in [0.3, 0.4) is 0 Å². The van der Waals surface area contributed by atoms with E-state index >= 15 is 0 Å². The summed E-state index contributed by atoms with van der Waals surface area (Å²) >= 11 is 6.64. The van der Waals surface area contributed by atoms with E-state index < -0.39 is 0 Å². The summed E-state index contributed by atoms with van der Waals surface area (Å²) in [7, 11) is 3.16. The lowest BCUT2D eigenvalue weighted by Crippen LogP contribution is -2.34. The van der Waals surface area contributed by atoms with Gasteiger partial charge in [0.05, 0.1) is 25.5 Å². The molecule has 1 aromatic heterocycles. The summed E-state index contributed by atoms with van der Waals surface area (Å²) in [5.41, 5.74) is 1.15. The molecule has 0 saturated heterocycles. The maximum Gasteiger partial charge on any atom is 0.257 e. The van der Waals surface area contributed by atoms with E-state index in [-0.39, 0.29) is 11.0 Å². The van der Waals surface area contributed by atoms with Gasteiger partial charge in [-0.3, -0.25) is 10.1 Å². The summed E-state index contributed by atoms with van der Waals surface area (Å²) in [6, 6.07) is 10.6. The van der Waals surface area contributed by atoms with Crippen LogP contribution in [0.5, 0.6) is 17.2 Å². The van der Waals surface area contributed by atoms with Crippen LogP contribution < -0.4 is 24.8 Å². The fourth-order valence-electron chi connectivity index (χ4n) is 2.55. The Morgan fingerprint density at radius 3 is 2.72 bits per heavy atom. The number of thiocarbonyl (C=S) groups is 1. The molecular formula is C20H21N3O4S2. The molecule has 0 bridgehead atoms. The summed E-state index contributed by atoms with van der Waals surface area (Å²) in [5, 5.41) is 6.30. The predicted octanol–water partition coefficient (Wildman–Crippen LogP) is 4.23. The van der Waals surface area contributed by atoms with Crippen LogP contribution in [0, 0.1) is 0 Å². The maximum atomic E-state index is 12.5. The van der Waals surface area contributed by atoms with E-state index in [1.54, 1.807) is 38.5 Å². The molecule has 3 aromatic rings. The molecule has 0 saturated carbocycles. The molecule has 2 N–H and O–H groups in total. The van der Waals surface area contributed by atoms with E-state index in [1.165, 1.54) is 11.3 Å². The zero-order valence-corrected chi connectivity index (χ0v) is 17.9. The summed E-state index contributed by atoms with van der Waals surface area (Å²) in [6.45, 7) is 2.62. The van der Waals surface area contributed by atoms with Crippen LogP contribution in [0.1, 0.15) is 23.7 Å². The van der Waals surface area contributed by atoms with Crippen molar-refractivity contribution < 1.29 is 19.0 Å². The minimum absolute atomic E-state index is 0.153. The Morgan fingerprint density at radius 2 is 2.00 bits per heavy atom. The number of benzene rings is 2. The normalized spacial score (nSPS) is 10.4. The van der Waals surface area contributed by atoms with E-state index in [2.05, 4.69) is 15.6 Å². The Bertz CT molecular complexity index is 1040. The second-order valence-electron chi connectivity index (χ2n) is 5.98. The second-order valence-corrected chi connectivity index (χ2v) is 7.42. The van der Waals surface area contributed by atoms with Crippen molar-refractivity contribution in [2.24, 2.45) is 0 Å². The number of nitrogens with zero attached hydrogens (tertiary/aromatic N) is 1. The van der Waals surface area contributed by atoms with Crippen LogP contribution in [0.25, 0.3) is 10.2 Å². The van der Waals surface area contributed by atoms with Gasteiger partial charge in [-0.2, -0.15) is 0 Å². The van der Waals surface area contributed by atoms with Crippen molar-refractivity contribution >= 4 is 49.9 Å². The molecule has 3 rings (SSSR count). The van der Waals surface area contributed by atoms with E-state index in [1.807, 2.05) is 19.1 Å². The van der Waals surface area contributed by atoms with Crippen molar-refractivity contribution in [1.82, 2.24) is 10.3 Å². The lowest BCUT2D eigenvalue weighted by Gasteiger charge is -2.09. The SMILES string of the molecule is CCCOc1cccc(C(=O)NC(=S)Nc2nc3c(OC)cc(OC)cc3s2)c1. The topological polar surface area (TPSA) is 81.7 Å². The number of methoxy groups -OCH3 is 2. The third kappa shape index (κ3) is 5.12. The van der Waals surface area contributed by atoms with E-state index in [0.29, 0.717) is 40.1 Å². The first-order valence-corrected chi connectivity index (χ1v) is 10.1. The van der Waals surface area contributed by atoms with Crippen LogP contribution in [-0.2, 0) is 0 Å². The summed E-state index contributed by atoms with van der Waals surface area (Å²) < 4.78 is 17.1. The number of ether oxygens (including phenoxy) is 3. The highest BCUT2D eigenvalue weighted by Gasteiger charge is 2.14. The zero-order chi connectivity index (χ0) is 20.8. The molecule has 0 aliphatic heterocycles. The molecule has 7 nitrogen and oxygen atoms in total. The van der Waals surface area contributed by atoms with E-state index in [0.717, 1.165) is 11.1 Å². The van der Waals surface area contributed by atoms with Crippen molar-refractivity contribution in [3.63, 3.8) is 0 Å². The Kier molecular flexibility index (Phi) is 6.84. The molecule has 0 aliphatic rings. The van der Waals surface area contributed by atoms with E-state index in [4.69, 9.17) is 26.4 Å². The van der Waals surface area contributed by atoms with Gasteiger partial charge in [0.2, 0.25) is 0 Å². The number of anilines is 1. The minimum Gasteiger partial charge on any atom is -0.497 e. The number of hydrogen-bond acceptors (Lipinski definition) is 7. The fraction of sp³-hybridized carbons (Fsp3) is 0.250. The van der Waals surface area contributed by atoms with Crippen molar-refractivity contribution in [3.05, 3.63) is 42.0 Å². The highest BCUT2D eigenvalue weighted by atomic mass is 32.1. The molecule has 1 amide bonds. The lowest BCUT2D eigenvalue weighted by molar-refractivity contribution is 0.0977. The number of aromatic nitrogens is 1. The minimum atomic E-state index is -0.329. The number of hydrogen-bond donors (Lipinski definition) is 2. The summed E-state index contributed by atoms with van der Waals surface area (Å²) in [5.74, 6) is 1.59. The Morgan fingerprint density at radius 1 is 1.17 bits per heavy atom. The van der Waals surface area contributed by atoms with Crippen LogP contribution in [0.2, 0.25) is 0 Å². The molecule has 1 heterocycles. The average molecular weight is 432 g/mol. The molecule has 9 heteroatoms. The molecule has 0 unspecified atom stereocenters. The second kappa shape index (κ2) is 9.53. The van der Waals surface area contributed by atoms with Gasteiger partial charge in [0.1, 0.15) is 22.8 Å². The van der Waals surface area contributed by atoms with Crippen molar-refractivity contribution in [2.45, 2.75) is 13.3 Å². The predicted molar refractivity (Wildman–Crippen MR) is 119 cm³/mol. The van der Waals surface area contributed by atoms with Crippen LogP contribution in [0.15, 0.2) is 36.4 Å². The summed E-state index contributed by atoms with van der Waals surface area (Å²) in [4.78, 5) is 17.0. The number of nitrogens with one attached hydrogen (secondary N) is 2. The molecule has 29 heavy (non-hydrogen) atoms. The largest absolute Gasteiger partial charge is 0.497 e. The van der Waals surface area contributed by atoms with Gasteiger partial charge in [-0.05, 0) is 42.9 Å². The standard InChI is InChI=1S/C20H21N3O4S2/c1-4-8-27-13-7-5-6-12(9-13)18(24)22-19(28)23-20-21-17-15(26-3)10-14(25-2)11-16(17)29-20/h5-7,9-11H,4,8H2,1-3H3,(H2,21,22,23,24,28). The monoisotopic (exact) mass is 431 g/mol. The van der Waals surface area contributed by atoms with Gasteiger partial charge in [-0.15, -0.1) is 0 Å². The first kappa shape index (κ1) is 20.8. The number of rotatable bonds is 7. The smallest absolute Gasteiger partial charge is 0.257 e. The van der Waals surface area contributed by atoms with Gasteiger partial charge < -0.3 is 19.5 Å². The molecule has 0 fully saturated rings. The van der Waals surface area contributed by atoms with E-state index in [9.17, 15) is 4.79 Å². The lowest BCUT2D eigenvalue weighted by atomic mass is 10.2. The number of amides is 1. The third-order valence-electron chi connectivity index (χ3n) is 3.91. The van der Waals surface area contributed by atoms with Gasteiger partial charge in [0.25, 0.3) is 5.91 Å². The third-order valence-corrected chi connectivity index (χ3v) is 5.03. The number of thiazole rings is 1. The molecule has 0 atom stereocenters. The molecule has 0 aliphatic carbocycles. The van der Waals surface area contributed by atoms with Crippen molar-refractivity contribution in [3.8, 4) is 17.2 Å². The van der Waals surface area contributed by atoms with Gasteiger partial charge in [0, 0.05) is 11.6 Å². The Balaban J connectivity index is 1.70. The van der Waals surface area contributed by atoms with Crippen molar-refractivity contribution in [2.75, 3.05) is 26.1 Å². The Labute approximate surface area is 178 Å². The van der Waals surface area contributed by atoms with Crippen molar-refractivity contribution in [1.29, 1.82) is 0 Å². The molecule has 152 valence electrons. The molecule has 0 spiro atoms. The highest BCUT2D eigenvalue weighted by molar-refractivity contribution is 7.80. The molecule has 0 radical (unpaired) electrons. The van der Waals surface area contributed by atoms with Crippen LogP contribution in [-0.4, -0.2) is 36.8 Å². The fourth-order valence-corrected chi connectivity index (χ4v) is 3.72. The Hall–Kier alpha value is -2.91. The van der Waals surface area contributed by atoms with Gasteiger partial charge in [-0.25, -0.2) is 4.98 Å². The van der Waals surface area contributed by atoms with Gasteiger partial charge >= 0.3 is 0 Å². The average Bonchev–Trinajstić information content (AvgIpc) is 3.13. The summed E-state index contributed by atoms with van der Waals surface area (Å²) in [6.07, 6.45) is 0.892. The number of fused-ring (bicyclic) bond motifs is 1. The van der Waals surface area contributed by atoms with Gasteiger partial charge in [0.15, 0.2) is 10.2 Å². The highest BCUT2D eigenvalue weighted by Crippen LogP contribution is 2.36. The van der Waals surface area contributed by atoms with Crippen LogP contribution in [0.4, 0.5) is 5.13 Å².